The highest BCUT2D eigenvalue weighted by Crippen LogP contribution is 2.36. The maximum absolute atomic E-state index is 14.0. The zero-order valence-corrected chi connectivity index (χ0v) is 21.0. The minimum Gasteiger partial charge on any atom is -0.418 e. The zero-order valence-electron chi connectivity index (χ0n) is 21.0. The number of benzene rings is 2. The van der Waals surface area contributed by atoms with Crippen LogP contribution in [0.25, 0.3) is 21.6 Å². The monoisotopic (exact) mass is 606 g/mol. The van der Waals surface area contributed by atoms with E-state index < -0.39 is 77.3 Å². The largest absolute Gasteiger partial charge is 0.418 e. The van der Waals surface area contributed by atoms with Crippen LogP contribution in [0, 0.1) is 29.1 Å². The predicted molar refractivity (Wildman–Crippen MR) is 130 cm³/mol. The number of imidazole rings is 1. The molecule has 5 rings (SSSR count). The Labute approximate surface area is 235 Å². The number of nitrogens with zero attached hydrogens (tertiary/aromatic N) is 7. The van der Waals surface area contributed by atoms with Gasteiger partial charge in [0.2, 0.25) is 34.8 Å². The van der Waals surface area contributed by atoms with Crippen LogP contribution < -0.4 is 10.1 Å². The molecule has 1 aliphatic rings. The van der Waals surface area contributed by atoms with Crippen LogP contribution in [0.1, 0.15) is 16.6 Å². The lowest BCUT2D eigenvalue weighted by Gasteiger charge is -2.20. The van der Waals surface area contributed by atoms with Gasteiger partial charge in [-0.05, 0) is 17.7 Å². The van der Waals surface area contributed by atoms with Crippen LogP contribution in [0.4, 0.5) is 27.8 Å². The quantitative estimate of drug-likeness (QED) is 0.0414. The van der Waals surface area contributed by atoms with Crippen LogP contribution in [-0.2, 0) is 9.53 Å². The fraction of sp³-hybridized carbons (Fsp3) is 0.208. The van der Waals surface area contributed by atoms with Crippen LogP contribution in [-0.4, -0.2) is 66.0 Å². The van der Waals surface area contributed by atoms with E-state index in [4.69, 9.17) is 10.3 Å². The maximum Gasteiger partial charge on any atom is 0.343 e. The van der Waals surface area contributed by atoms with E-state index in [1.165, 1.54) is 0 Å². The maximum atomic E-state index is 14.0. The van der Waals surface area contributed by atoms with Crippen molar-refractivity contribution in [2.24, 2.45) is 5.11 Å². The highest BCUT2D eigenvalue weighted by molar-refractivity contribution is 6.06. The van der Waals surface area contributed by atoms with Crippen LogP contribution in [0.2, 0.25) is 0 Å². The van der Waals surface area contributed by atoms with Crippen molar-refractivity contribution in [3.8, 4) is 5.75 Å². The third-order valence-electron chi connectivity index (χ3n) is 6.29. The standard InChI is InChI=1S/C24H15F5N8O6/c25-9-10(26)12(28)18(13(29)11(9)27)43-24(41)17(39)19-14(35-36-30)16(38)23(42-19)37-7-33-15-20(31-6-32-21(15)37)34-22(40)8-4-2-1-3-5-8/h1-7,14,16-17,19,23,38-39H,(H,31,32,34,40). The van der Waals surface area contributed by atoms with Gasteiger partial charge in [-0.2, -0.15) is 8.78 Å². The number of carbonyl (C=O) groups is 2. The van der Waals surface area contributed by atoms with Crippen molar-refractivity contribution in [2.75, 3.05) is 5.32 Å². The van der Waals surface area contributed by atoms with Gasteiger partial charge in [-0.1, -0.05) is 23.3 Å². The van der Waals surface area contributed by atoms with Gasteiger partial charge >= 0.3 is 5.97 Å². The molecule has 43 heavy (non-hydrogen) atoms. The average molecular weight is 606 g/mol. The lowest BCUT2D eigenvalue weighted by atomic mass is 10.0. The Morgan fingerprint density at radius 1 is 1.05 bits per heavy atom. The van der Waals surface area contributed by atoms with Crippen molar-refractivity contribution in [1.82, 2.24) is 19.5 Å². The summed E-state index contributed by atoms with van der Waals surface area (Å²) in [6.45, 7) is 0. The second kappa shape index (κ2) is 11.6. The first-order valence-electron chi connectivity index (χ1n) is 11.9. The van der Waals surface area contributed by atoms with Crippen molar-refractivity contribution in [2.45, 2.75) is 30.6 Å². The Kier molecular flexibility index (Phi) is 7.87. The topological polar surface area (TPSA) is 197 Å². The summed E-state index contributed by atoms with van der Waals surface area (Å²) in [4.78, 5) is 39.8. The third kappa shape index (κ3) is 5.17. The molecule has 0 bridgehead atoms. The van der Waals surface area contributed by atoms with Gasteiger partial charge in [-0.15, -0.1) is 0 Å². The van der Waals surface area contributed by atoms with Gasteiger partial charge in [0.15, 0.2) is 29.3 Å². The van der Waals surface area contributed by atoms with Crippen molar-refractivity contribution in [1.29, 1.82) is 0 Å². The Bertz CT molecular complexity index is 1760. The molecule has 0 aliphatic carbocycles. The number of hydrogen-bond acceptors (Lipinski definition) is 10. The summed E-state index contributed by atoms with van der Waals surface area (Å²) in [5, 5.41) is 27.3. The molecule has 19 heteroatoms. The Morgan fingerprint density at radius 3 is 2.35 bits per heavy atom. The number of carbonyl (C=O) groups excluding carboxylic acids is 2. The fourth-order valence-electron chi connectivity index (χ4n) is 4.24. The molecule has 5 atom stereocenters. The second-order valence-corrected chi connectivity index (χ2v) is 8.81. The Balaban J connectivity index is 1.42. The molecule has 0 radical (unpaired) electrons. The number of fused-ring (bicyclic) bond motifs is 1. The first kappa shape index (κ1) is 29.3. The molecule has 222 valence electrons. The van der Waals surface area contributed by atoms with E-state index in [0.29, 0.717) is 5.56 Å². The van der Waals surface area contributed by atoms with E-state index in [0.717, 1.165) is 17.2 Å². The van der Waals surface area contributed by atoms with E-state index >= 15 is 0 Å². The van der Waals surface area contributed by atoms with Crippen LogP contribution in [0.15, 0.2) is 48.1 Å². The number of hydrogen-bond donors (Lipinski definition) is 3. The first-order chi connectivity index (χ1) is 20.5. The van der Waals surface area contributed by atoms with Gasteiger partial charge in [-0.3, -0.25) is 9.36 Å². The summed E-state index contributed by atoms with van der Waals surface area (Å²) < 4.78 is 79.2. The molecule has 2 aromatic carbocycles. The number of anilines is 1. The Hall–Kier alpha value is -5.23. The molecule has 0 saturated carbocycles. The van der Waals surface area contributed by atoms with Gasteiger partial charge in [0.05, 0.1) is 12.4 Å². The highest BCUT2D eigenvalue weighted by atomic mass is 19.2. The van der Waals surface area contributed by atoms with Crippen molar-refractivity contribution < 1.29 is 51.2 Å². The van der Waals surface area contributed by atoms with E-state index in [1.807, 2.05) is 0 Å². The zero-order chi connectivity index (χ0) is 31.0. The number of rotatable bonds is 7. The number of aromatic nitrogens is 4. The molecule has 3 N–H and O–H groups in total. The van der Waals surface area contributed by atoms with Gasteiger partial charge in [0.25, 0.3) is 5.91 Å². The number of azide groups is 1. The summed E-state index contributed by atoms with van der Waals surface area (Å²) in [5.74, 6) is -16.9. The molecule has 0 spiro atoms. The van der Waals surface area contributed by atoms with E-state index in [1.54, 1.807) is 30.3 Å². The predicted octanol–water partition coefficient (Wildman–Crippen LogP) is 2.68. The second-order valence-electron chi connectivity index (χ2n) is 8.81. The molecule has 1 aliphatic heterocycles. The van der Waals surface area contributed by atoms with E-state index in [-0.39, 0.29) is 17.0 Å². The van der Waals surface area contributed by atoms with Crippen LogP contribution in [0.5, 0.6) is 5.75 Å². The van der Waals surface area contributed by atoms with Gasteiger partial charge in [-0.25, -0.2) is 32.9 Å². The fourth-order valence-corrected chi connectivity index (χ4v) is 4.24. The molecule has 1 saturated heterocycles. The number of halogens is 5. The van der Waals surface area contributed by atoms with E-state index in [2.05, 4.69) is 35.0 Å². The molecule has 2 aromatic heterocycles. The van der Waals surface area contributed by atoms with Crippen molar-refractivity contribution >= 4 is 28.9 Å². The molecule has 5 unspecified atom stereocenters. The third-order valence-corrected chi connectivity index (χ3v) is 6.29. The lowest BCUT2D eigenvalue weighted by molar-refractivity contribution is -0.155. The smallest absolute Gasteiger partial charge is 0.343 e. The highest BCUT2D eigenvalue weighted by Gasteiger charge is 2.50. The number of ether oxygens (including phenoxy) is 2. The van der Waals surface area contributed by atoms with Crippen LogP contribution in [0.3, 0.4) is 0 Å². The number of nitrogens with one attached hydrogen (secondary N) is 1. The first-order valence-corrected chi connectivity index (χ1v) is 11.9. The summed E-state index contributed by atoms with van der Waals surface area (Å²) in [5.41, 5.74) is 9.25. The van der Waals surface area contributed by atoms with Crippen molar-refractivity contribution in [3.63, 3.8) is 0 Å². The minimum absolute atomic E-state index is 0.0117. The van der Waals surface area contributed by atoms with Crippen LogP contribution >= 0.6 is 0 Å². The number of aliphatic hydroxyl groups excluding tert-OH is 2. The average Bonchev–Trinajstić information content (AvgIpc) is 3.58. The molecule has 1 amide bonds. The normalized spacial score (nSPS) is 20.4. The SMILES string of the molecule is [N-]=[N+]=NC1C(O)C(n2cnc3c(NC(=O)c4ccccc4)ncnc32)OC1C(O)C(=O)Oc1c(F)c(F)c(F)c(F)c1F. The number of amides is 1. The Morgan fingerprint density at radius 2 is 1.70 bits per heavy atom. The summed E-state index contributed by atoms with van der Waals surface area (Å²) in [6.07, 6.45) is -5.85. The number of aliphatic hydroxyl groups is 2. The molecule has 3 heterocycles. The van der Waals surface area contributed by atoms with Gasteiger partial charge in [0.1, 0.15) is 18.5 Å². The molecular formula is C24H15F5N8O6. The lowest BCUT2D eigenvalue weighted by Crippen LogP contribution is -2.43. The van der Waals surface area contributed by atoms with Gasteiger partial charge in [0, 0.05) is 10.5 Å². The molecule has 14 nitrogen and oxygen atoms in total. The minimum atomic E-state index is -2.59. The van der Waals surface area contributed by atoms with Crippen molar-refractivity contribution in [3.05, 3.63) is 88.1 Å². The van der Waals surface area contributed by atoms with E-state index in [9.17, 15) is 41.8 Å². The summed E-state index contributed by atoms with van der Waals surface area (Å²) in [7, 11) is 0. The van der Waals surface area contributed by atoms with Gasteiger partial charge < -0.3 is 25.0 Å². The molecule has 1 fully saturated rings. The molecular weight excluding hydrogens is 591 g/mol. The molecule has 4 aromatic rings. The number of esters is 1. The summed E-state index contributed by atoms with van der Waals surface area (Å²) >= 11 is 0. The summed E-state index contributed by atoms with van der Waals surface area (Å²) in [6, 6.07) is 6.33.